The lowest BCUT2D eigenvalue weighted by Crippen LogP contribution is -2.21. The highest BCUT2D eigenvalue weighted by molar-refractivity contribution is 5.95. The summed E-state index contributed by atoms with van der Waals surface area (Å²) in [6, 6.07) is 13.5. The molecule has 0 aliphatic rings. The highest BCUT2D eigenvalue weighted by atomic mass is 16.5. The zero-order chi connectivity index (χ0) is 18.2. The van der Waals surface area contributed by atoms with Gasteiger partial charge < -0.3 is 20.7 Å². The monoisotopic (exact) mass is 341 g/mol. The fourth-order valence-electron chi connectivity index (χ4n) is 2.11. The van der Waals surface area contributed by atoms with Gasteiger partial charge in [-0.15, -0.1) is 0 Å². The smallest absolute Gasteiger partial charge is 0.337 e. The molecule has 0 atom stereocenters. The Labute approximate surface area is 145 Å². The molecule has 0 bridgehead atoms. The van der Waals surface area contributed by atoms with Crippen molar-refractivity contribution in [1.82, 2.24) is 0 Å². The van der Waals surface area contributed by atoms with E-state index in [1.807, 2.05) is 0 Å². The third-order valence-electron chi connectivity index (χ3n) is 3.23. The highest BCUT2D eigenvalue weighted by Crippen LogP contribution is 2.15. The van der Waals surface area contributed by atoms with Crippen molar-refractivity contribution in [3.8, 4) is 0 Å². The SMILES string of the molecule is COC(=O)c1ccc(NC(=O)CNc2cccc(NC(C)=O)c2)cc1. The van der Waals surface area contributed by atoms with Crippen molar-refractivity contribution in [2.75, 3.05) is 29.6 Å². The third kappa shape index (κ3) is 5.65. The number of hydrogen-bond acceptors (Lipinski definition) is 5. The average molecular weight is 341 g/mol. The first-order valence-electron chi connectivity index (χ1n) is 7.57. The van der Waals surface area contributed by atoms with Gasteiger partial charge in [-0.3, -0.25) is 9.59 Å². The van der Waals surface area contributed by atoms with Gasteiger partial charge in [-0.2, -0.15) is 0 Å². The van der Waals surface area contributed by atoms with Gasteiger partial charge in [0.2, 0.25) is 11.8 Å². The molecular weight excluding hydrogens is 322 g/mol. The normalized spacial score (nSPS) is 9.84. The van der Waals surface area contributed by atoms with Crippen molar-refractivity contribution >= 4 is 34.8 Å². The highest BCUT2D eigenvalue weighted by Gasteiger charge is 2.06. The Kier molecular flexibility index (Phi) is 6.11. The zero-order valence-electron chi connectivity index (χ0n) is 14.0. The molecule has 2 aromatic rings. The number of amides is 2. The van der Waals surface area contributed by atoms with Crippen LogP contribution in [0.25, 0.3) is 0 Å². The van der Waals surface area contributed by atoms with Crippen LogP contribution in [0.3, 0.4) is 0 Å². The van der Waals surface area contributed by atoms with Crippen LogP contribution < -0.4 is 16.0 Å². The molecule has 130 valence electrons. The number of anilines is 3. The van der Waals surface area contributed by atoms with Gasteiger partial charge in [0.15, 0.2) is 0 Å². The van der Waals surface area contributed by atoms with E-state index in [-0.39, 0.29) is 18.4 Å². The van der Waals surface area contributed by atoms with Crippen molar-refractivity contribution in [3.63, 3.8) is 0 Å². The summed E-state index contributed by atoms with van der Waals surface area (Å²) in [6.45, 7) is 1.49. The number of carbonyl (C=O) groups excluding carboxylic acids is 3. The van der Waals surface area contributed by atoms with Crippen molar-refractivity contribution in [2.24, 2.45) is 0 Å². The second-order valence-electron chi connectivity index (χ2n) is 5.23. The largest absolute Gasteiger partial charge is 0.465 e. The molecule has 0 aliphatic carbocycles. The van der Waals surface area contributed by atoms with E-state index >= 15 is 0 Å². The molecule has 0 unspecified atom stereocenters. The Balaban J connectivity index is 1.88. The predicted octanol–water partition coefficient (Wildman–Crippen LogP) is 2.48. The summed E-state index contributed by atoms with van der Waals surface area (Å²) in [5, 5.41) is 8.37. The van der Waals surface area contributed by atoms with E-state index in [0.29, 0.717) is 22.6 Å². The molecule has 7 nitrogen and oxygen atoms in total. The minimum Gasteiger partial charge on any atom is -0.465 e. The van der Waals surface area contributed by atoms with Gasteiger partial charge in [0.05, 0.1) is 19.2 Å². The van der Waals surface area contributed by atoms with E-state index < -0.39 is 5.97 Å². The molecule has 2 rings (SSSR count). The van der Waals surface area contributed by atoms with Crippen LogP contribution in [0.4, 0.5) is 17.1 Å². The van der Waals surface area contributed by atoms with Crippen LogP contribution in [0.1, 0.15) is 17.3 Å². The first-order valence-corrected chi connectivity index (χ1v) is 7.57. The Hall–Kier alpha value is -3.35. The third-order valence-corrected chi connectivity index (χ3v) is 3.23. The van der Waals surface area contributed by atoms with Crippen molar-refractivity contribution in [2.45, 2.75) is 6.92 Å². The quantitative estimate of drug-likeness (QED) is 0.702. The van der Waals surface area contributed by atoms with Crippen LogP contribution in [-0.2, 0) is 14.3 Å². The predicted molar refractivity (Wildman–Crippen MR) is 95.6 cm³/mol. The minimum absolute atomic E-state index is 0.0578. The Morgan fingerprint density at radius 3 is 2.24 bits per heavy atom. The maximum Gasteiger partial charge on any atom is 0.337 e. The van der Waals surface area contributed by atoms with Gasteiger partial charge in [0, 0.05) is 24.0 Å². The lowest BCUT2D eigenvalue weighted by molar-refractivity contribution is -0.115. The van der Waals surface area contributed by atoms with Crippen LogP contribution in [0.15, 0.2) is 48.5 Å². The van der Waals surface area contributed by atoms with Gasteiger partial charge >= 0.3 is 5.97 Å². The molecule has 3 N–H and O–H groups in total. The van der Waals surface area contributed by atoms with Crippen LogP contribution in [0.2, 0.25) is 0 Å². The number of esters is 1. The van der Waals surface area contributed by atoms with E-state index in [1.54, 1.807) is 48.5 Å². The molecule has 0 radical (unpaired) electrons. The molecule has 0 aliphatic heterocycles. The summed E-state index contributed by atoms with van der Waals surface area (Å²) >= 11 is 0. The van der Waals surface area contributed by atoms with Crippen LogP contribution in [0.5, 0.6) is 0 Å². The molecule has 0 spiro atoms. The second kappa shape index (κ2) is 8.49. The maximum absolute atomic E-state index is 12.0. The number of hydrogen-bond donors (Lipinski definition) is 3. The first-order chi connectivity index (χ1) is 12.0. The second-order valence-corrected chi connectivity index (χ2v) is 5.23. The van der Waals surface area contributed by atoms with Crippen LogP contribution >= 0.6 is 0 Å². The standard InChI is InChI=1S/C18H19N3O4/c1-12(22)20-16-5-3-4-15(10-16)19-11-17(23)21-14-8-6-13(7-9-14)18(24)25-2/h3-10,19H,11H2,1-2H3,(H,20,22)(H,21,23). The van der Waals surface area contributed by atoms with E-state index in [2.05, 4.69) is 20.7 Å². The average Bonchev–Trinajstić information content (AvgIpc) is 2.60. The molecule has 7 heteroatoms. The Morgan fingerprint density at radius 2 is 1.60 bits per heavy atom. The molecule has 0 aromatic heterocycles. The Morgan fingerprint density at radius 1 is 0.920 bits per heavy atom. The van der Waals surface area contributed by atoms with Crippen molar-refractivity contribution < 1.29 is 19.1 Å². The van der Waals surface area contributed by atoms with Gasteiger partial charge in [-0.1, -0.05) is 6.07 Å². The molecule has 0 saturated heterocycles. The van der Waals surface area contributed by atoms with Gasteiger partial charge in [0.25, 0.3) is 0 Å². The lowest BCUT2D eigenvalue weighted by atomic mass is 10.2. The molecule has 0 heterocycles. The first kappa shape index (κ1) is 18.0. The van der Waals surface area contributed by atoms with Crippen molar-refractivity contribution in [3.05, 3.63) is 54.1 Å². The van der Waals surface area contributed by atoms with Gasteiger partial charge in [-0.05, 0) is 42.5 Å². The molecule has 2 amide bonds. The summed E-state index contributed by atoms with van der Waals surface area (Å²) in [5.41, 5.74) is 2.35. The number of carbonyl (C=O) groups is 3. The number of benzene rings is 2. The van der Waals surface area contributed by atoms with Crippen LogP contribution in [0, 0.1) is 0 Å². The van der Waals surface area contributed by atoms with E-state index in [4.69, 9.17) is 0 Å². The molecule has 2 aromatic carbocycles. The molecular formula is C18H19N3O4. The number of rotatable bonds is 6. The van der Waals surface area contributed by atoms with E-state index in [0.717, 1.165) is 0 Å². The van der Waals surface area contributed by atoms with Crippen LogP contribution in [-0.4, -0.2) is 31.4 Å². The van der Waals surface area contributed by atoms with Gasteiger partial charge in [0.1, 0.15) is 0 Å². The van der Waals surface area contributed by atoms with Gasteiger partial charge in [-0.25, -0.2) is 4.79 Å². The minimum atomic E-state index is -0.432. The maximum atomic E-state index is 12.0. The number of ether oxygens (including phenoxy) is 1. The molecule has 25 heavy (non-hydrogen) atoms. The summed E-state index contributed by atoms with van der Waals surface area (Å²) in [6.07, 6.45) is 0. The number of methoxy groups -OCH3 is 1. The molecule has 0 fully saturated rings. The number of nitrogens with one attached hydrogen (secondary N) is 3. The lowest BCUT2D eigenvalue weighted by Gasteiger charge is -2.10. The van der Waals surface area contributed by atoms with Crippen molar-refractivity contribution in [1.29, 1.82) is 0 Å². The fraction of sp³-hybridized carbons (Fsp3) is 0.167. The van der Waals surface area contributed by atoms with E-state index in [9.17, 15) is 14.4 Å². The zero-order valence-corrected chi connectivity index (χ0v) is 14.0. The molecule has 0 saturated carbocycles. The summed E-state index contributed by atoms with van der Waals surface area (Å²) in [4.78, 5) is 34.4. The summed E-state index contributed by atoms with van der Waals surface area (Å²) in [7, 11) is 1.31. The summed E-state index contributed by atoms with van der Waals surface area (Å²) < 4.78 is 4.62. The Bertz CT molecular complexity index is 772. The topological polar surface area (TPSA) is 96.5 Å². The summed E-state index contributed by atoms with van der Waals surface area (Å²) in [5.74, 6) is -0.834. The fourth-order valence-corrected chi connectivity index (χ4v) is 2.11. The van der Waals surface area contributed by atoms with E-state index in [1.165, 1.54) is 14.0 Å².